The summed E-state index contributed by atoms with van der Waals surface area (Å²) >= 11 is 0. The Morgan fingerprint density at radius 1 is 1.29 bits per heavy atom. The van der Waals surface area contributed by atoms with Crippen molar-refractivity contribution in [3.05, 3.63) is 17.7 Å². The topological polar surface area (TPSA) is 74.4 Å². The number of anilines is 2. The number of nitrogens with two attached hydrogens (primary N) is 1. The molecule has 0 radical (unpaired) electrons. The maximum Gasteiger partial charge on any atom is 0.128 e. The Morgan fingerprint density at radius 2 is 1.92 bits per heavy atom. The Bertz CT molecular complexity index is 533. The Balaban J connectivity index is 2.03. The third-order valence-electron chi connectivity index (χ3n) is 5.30. The molecule has 2 rings (SSSR count). The van der Waals surface area contributed by atoms with Gasteiger partial charge in [-0.2, -0.15) is 0 Å². The first kappa shape index (κ1) is 19.0. The number of rotatable bonds is 5. The predicted octanol–water partition coefficient (Wildman–Crippen LogP) is 3.25. The highest BCUT2D eigenvalue weighted by molar-refractivity contribution is 5.47. The van der Waals surface area contributed by atoms with E-state index in [1.54, 1.807) is 0 Å². The van der Waals surface area contributed by atoms with Crippen LogP contribution < -0.4 is 11.1 Å². The standard InChI is InChI=1S/C19H34N4O/c1-13(19(2,3)4)23(5)12-14-10-17(20)22-18(11-14)21-15-6-8-16(24)9-7-15/h10-11,13,15-16,24H,6-9,12H2,1-5H3,(H3,20,21,22). The van der Waals surface area contributed by atoms with E-state index in [4.69, 9.17) is 5.73 Å². The molecule has 136 valence electrons. The summed E-state index contributed by atoms with van der Waals surface area (Å²) in [6.45, 7) is 9.90. The number of pyridine rings is 1. The smallest absolute Gasteiger partial charge is 0.128 e. The molecule has 1 heterocycles. The molecule has 1 aromatic rings. The van der Waals surface area contributed by atoms with Crippen molar-refractivity contribution >= 4 is 11.6 Å². The van der Waals surface area contributed by atoms with Crippen LogP contribution in [0.25, 0.3) is 0 Å². The number of aliphatic hydroxyl groups excluding tert-OH is 1. The first-order chi connectivity index (χ1) is 11.1. The van der Waals surface area contributed by atoms with Crippen molar-refractivity contribution in [3.63, 3.8) is 0 Å². The monoisotopic (exact) mass is 334 g/mol. The Kier molecular flexibility index (Phi) is 6.10. The van der Waals surface area contributed by atoms with Crippen molar-refractivity contribution in [2.75, 3.05) is 18.1 Å². The van der Waals surface area contributed by atoms with E-state index in [2.05, 4.69) is 56.0 Å². The summed E-state index contributed by atoms with van der Waals surface area (Å²) in [6.07, 6.45) is 3.54. The lowest BCUT2D eigenvalue weighted by Crippen LogP contribution is -2.38. The molecule has 0 bridgehead atoms. The van der Waals surface area contributed by atoms with Gasteiger partial charge in [-0.05, 0) is 62.8 Å². The van der Waals surface area contributed by atoms with E-state index < -0.39 is 0 Å². The molecular weight excluding hydrogens is 300 g/mol. The van der Waals surface area contributed by atoms with Crippen LogP contribution in [0.1, 0.15) is 58.9 Å². The zero-order valence-electron chi connectivity index (χ0n) is 15.8. The number of hydrogen-bond acceptors (Lipinski definition) is 5. The average molecular weight is 335 g/mol. The minimum absolute atomic E-state index is 0.139. The Morgan fingerprint density at radius 3 is 2.50 bits per heavy atom. The summed E-state index contributed by atoms with van der Waals surface area (Å²) in [5.41, 5.74) is 7.43. The minimum atomic E-state index is -0.139. The lowest BCUT2D eigenvalue weighted by molar-refractivity contribution is 0.126. The summed E-state index contributed by atoms with van der Waals surface area (Å²) in [5, 5.41) is 13.1. The van der Waals surface area contributed by atoms with Crippen LogP contribution in [0.3, 0.4) is 0 Å². The quantitative estimate of drug-likeness (QED) is 0.771. The van der Waals surface area contributed by atoms with Crippen LogP contribution in [-0.2, 0) is 6.54 Å². The fraction of sp³-hybridized carbons (Fsp3) is 0.737. The van der Waals surface area contributed by atoms with Crippen molar-refractivity contribution in [2.24, 2.45) is 5.41 Å². The van der Waals surface area contributed by atoms with Crippen LogP contribution >= 0.6 is 0 Å². The highest BCUT2D eigenvalue weighted by atomic mass is 16.3. The van der Waals surface area contributed by atoms with Gasteiger partial charge in [0, 0.05) is 18.6 Å². The molecule has 0 aliphatic heterocycles. The first-order valence-corrected chi connectivity index (χ1v) is 9.06. The van der Waals surface area contributed by atoms with Crippen LogP contribution in [0.15, 0.2) is 12.1 Å². The molecule has 1 unspecified atom stereocenters. The van der Waals surface area contributed by atoms with E-state index in [-0.39, 0.29) is 11.5 Å². The molecule has 5 heteroatoms. The lowest BCUT2D eigenvalue weighted by atomic mass is 9.87. The Labute approximate surface area is 146 Å². The number of nitrogens with zero attached hydrogens (tertiary/aromatic N) is 2. The number of nitrogens with one attached hydrogen (secondary N) is 1. The molecule has 0 amide bonds. The molecule has 0 aromatic carbocycles. The molecule has 1 saturated carbocycles. The molecule has 0 spiro atoms. The van der Waals surface area contributed by atoms with Crippen LogP contribution in [0, 0.1) is 5.41 Å². The second kappa shape index (κ2) is 7.70. The van der Waals surface area contributed by atoms with Crippen molar-refractivity contribution in [2.45, 2.75) is 78.1 Å². The molecular formula is C19H34N4O. The number of nitrogen functional groups attached to an aromatic ring is 1. The predicted molar refractivity (Wildman–Crippen MR) is 101 cm³/mol. The first-order valence-electron chi connectivity index (χ1n) is 9.06. The minimum Gasteiger partial charge on any atom is -0.393 e. The third-order valence-corrected chi connectivity index (χ3v) is 5.30. The normalized spacial score (nSPS) is 23.3. The van der Waals surface area contributed by atoms with Crippen LogP contribution in [-0.4, -0.2) is 40.2 Å². The van der Waals surface area contributed by atoms with Gasteiger partial charge in [0.05, 0.1) is 6.10 Å². The fourth-order valence-electron chi connectivity index (χ4n) is 3.29. The van der Waals surface area contributed by atoms with Crippen LogP contribution in [0.5, 0.6) is 0 Å². The summed E-state index contributed by atoms with van der Waals surface area (Å²) in [7, 11) is 2.15. The summed E-state index contributed by atoms with van der Waals surface area (Å²) in [5.74, 6) is 1.41. The molecule has 1 aliphatic rings. The van der Waals surface area contributed by atoms with E-state index >= 15 is 0 Å². The van der Waals surface area contributed by atoms with Gasteiger partial charge in [-0.15, -0.1) is 0 Å². The zero-order valence-corrected chi connectivity index (χ0v) is 15.8. The van der Waals surface area contributed by atoms with E-state index in [9.17, 15) is 5.11 Å². The molecule has 0 saturated heterocycles. The van der Waals surface area contributed by atoms with E-state index in [1.165, 1.54) is 5.56 Å². The van der Waals surface area contributed by atoms with Gasteiger partial charge >= 0.3 is 0 Å². The van der Waals surface area contributed by atoms with Crippen LogP contribution in [0.2, 0.25) is 0 Å². The van der Waals surface area contributed by atoms with Crippen molar-refractivity contribution in [1.82, 2.24) is 9.88 Å². The number of hydrogen-bond donors (Lipinski definition) is 3. The molecule has 4 N–H and O–H groups in total. The van der Waals surface area contributed by atoms with E-state index in [0.29, 0.717) is 17.9 Å². The molecule has 5 nitrogen and oxygen atoms in total. The van der Waals surface area contributed by atoms with Crippen LogP contribution in [0.4, 0.5) is 11.6 Å². The summed E-state index contributed by atoms with van der Waals surface area (Å²) in [4.78, 5) is 6.79. The maximum absolute atomic E-state index is 9.63. The van der Waals surface area contributed by atoms with E-state index in [0.717, 1.165) is 38.0 Å². The van der Waals surface area contributed by atoms with Gasteiger partial charge in [0.1, 0.15) is 11.6 Å². The van der Waals surface area contributed by atoms with Crippen molar-refractivity contribution in [3.8, 4) is 0 Å². The van der Waals surface area contributed by atoms with Gasteiger partial charge < -0.3 is 16.2 Å². The SMILES string of the molecule is CC(N(C)Cc1cc(N)nc(NC2CCC(O)CC2)c1)C(C)(C)C. The zero-order chi connectivity index (χ0) is 17.9. The molecule has 1 atom stereocenters. The van der Waals surface area contributed by atoms with Gasteiger partial charge in [0.2, 0.25) is 0 Å². The maximum atomic E-state index is 9.63. The lowest BCUT2D eigenvalue weighted by Gasteiger charge is -2.35. The second-order valence-corrected chi connectivity index (χ2v) is 8.39. The highest BCUT2D eigenvalue weighted by Crippen LogP contribution is 2.26. The fourth-order valence-corrected chi connectivity index (χ4v) is 3.29. The third kappa shape index (κ3) is 5.35. The van der Waals surface area contributed by atoms with Gasteiger partial charge in [-0.1, -0.05) is 20.8 Å². The second-order valence-electron chi connectivity index (χ2n) is 8.39. The molecule has 1 aromatic heterocycles. The largest absolute Gasteiger partial charge is 0.393 e. The van der Waals surface area contributed by atoms with E-state index in [1.807, 2.05) is 6.07 Å². The summed E-state index contributed by atoms with van der Waals surface area (Å²) < 4.78 is 0. The van der Waals surface area contributed by atoms with Gasteiger partial charge in [0.25, 0.3) is 0 Å². The molecule has 24 heavy (non-hydrogen) atoms. The van der Waals surface area contributed by atoms with Crippen molar-refractivity contribution in [1.29, 1.82) is 0 Å². The van der Waals surface area contributed by atoms with Gasteiger partial charge in [0.15, 0.2) is 0 Å². The molecule has 1 fully saturated rings. The highest BCUT2D eigenvalue weighted by Gasteiger charge is 2.24. The van der Waals surface area contributed by atoms with Gasteiger partial charge in [-0.3, -0.25) is 4.90 Å². The van der Waals surface area contributed by atoms with Crippen molar-refractivity contribution < 1.29 is 5.11 Å². The average Bonchev–Trinajstić information content (AvgIpc) is 2.47. The summed E-state index contributed by atoms with van der Waals surface area (Å²) in [6, 6.07) is 4.90. The Hall–Kier alpha value is -1.33. The molecule has 1 aliphatic carbocycles. The number of aliphatic hydroxyl groups is 1. The van der Waals surface area contributed by atoms with Gasteiger partial charge in [-0.25, -0.2) is 4.98 Å². The number of aromatic nitrogens is 1.